The van der Waals surface area contributed by atoms with E-state index in [1.807, 2.05) is 5.32 Å². The minimum atomic E-state index is -5.21. The molecule has 1 aliphatic heterocycles. The highest BCUT2D eigenvalue weighted by molar-refractivity contribution is 7.89. The molecular weight excluding hydrogens is 439 g/mol. The van der Waals surface area contributed by atoms with Crippen molar-refractivity contribution in [2.75, 3.05) is 31.6 Å². The molecule has 4 N–H and O–H groups in total. The van der Waals surface area contributed by atoms with Crippen molar-refractivity contribution in [2.45, 2.75) is 36.1 Å². The number of benzene rings is 1. The minimum Gasteiger partial charge on any atom is -0.375 e. The lowest BCUT2D eigenvalue weighted by Gasteiger charge is -2.32. The van der Waals surface area contributed by atoms with Gasteiger partial charge in [0.2, 0.25) is 15.6 Å². The first-order chi connectivity index (χ1) is 13.3. The molecule has 1 heterocycles. The number of carbonyl (C=O) groups excluding carboxylic acids is 1. The van der Waals surface area contributed by atoms with Crippen LogP contribution in [0, 0.1) is 0 Å². The number of nitrogens with zero attached hydrogens (tertiary/aromatic N) is 1. The number of hydrogen-bond donors (Lipinski definition) is 3. The molecule has 0 spiro atoms. The second-order valence-corrected chi connectivity index (χ2v) is 8.94. The monoisotopic (exact) mass is 459 g/mol. The first kappa shape index (κ1) is 23.8. The molecule has 2 rings (SSSR count). The van der Waals surface area contributed by atoms with Crippen molar-refractivity contribution >= 4 is 33.2 Å². The molecule has 1 aromatic carbocycles. The van der Waals surface area contributed by atoms with E-state index in [2.05, 4.69) is 0 Å². The van der Waals surface area contributed by atoms with E-state index < -0.39 is 27.7 Å². The van der Waals surface area contributed by atoms with Gasteiger partial charge in [0, 0.05) is 13.1 Å². The highest BCUT2D eigenvalue weighted by Crippen LogP contribution is 2.33. The van der Waals surface area contributed by atoms with Crippen molar-refractivity contribution in [1.29, 1.82) is 0 Å². The molecule has 0 bridgehead atoms. The van der Waals surface area contributed by atoms with Gasteiger partial charge < -0.3 is 20.9 Å². The fourth-order valence-corrected chi connectivity index (χ4v) is 4.33. The average Bonchev–Trinajstić information content (AvgIpc) is 2.62. The fourth-order valence-electron chi connectivity index (χ4n) is 2.55. The van der Waals surface area contributed by atoms with Gasteiger partial charge in [-0.25, -0.2) is 8.42 Å². The van der Waals surface area contributed by atoms with E-state index in [9.17, 15) is 31.5 Å². The van der Waals surface area contributed by atoms with Crippen LogP contribution in [0.3, 0.4) is 0 Å². The zero-order chi connectivity index (χ0) is 22.0. The van der Waals surface area contributed by atoms with Crippen molar-refractivity contribution in [3.05, 3.63) is 23.2 Å². The van der Waals surface area contributed by atoms with Gasteiger partial charge in [-0.3, -0.25) is 4.79 Å². The van der Waals surface area contributed by atoms with Crippen molar-refractivity contribution < 1.29 is 36.2 Å². The number of halogens is 4. The quantitative estimate of drug-likeness (QED) is 0.590. The van der Waals surface area contributed by atoms with Gasteiger partial charge in [-0.1, -0.05) is 11.6 Å². The van der Waals surface area contributed by atoms with Crippen LogP contribution in [0.25, 0.3) is 0 Å². The van der Waals surface area contributed by atoms with E-state index >= 15 is 0 Å². The normalized spacial score (nSPS) is 20.9. The predicted octanol–water partition coefficient (Wildman–Crippen LogP) is 1.33. The molecule has 1 saturated heterocycles. The highest BCUT2D eigenvalue weighted by Gasteiger charge is 2.55. The third-order valence-corrected chi connectivity index (χ3v) is 6.58. The number of hydrogen-bond acceptors (Lipinski definition) is 6. The summed E-state index contributed by atoms with van der Waals surface area (Å²) in [4.78, 5) is 11.6. The maximum atomic E-state index is 12.8. The number of nitrogens with two attached hydrogens (primary N) is 1. The fraction of sp³-hybridized carbons (Fsp3) is 0.562. The molecule has 8 nitrogen and oxygen atoms in total. The summed E-state index contributed by atoms with van der Waals surface area (Å²) in [6.45, 7) is 1.04. The third kappa shape index (κ3) is 5.19. The molecular formula is C16H21ClF3N3O5S. The Kier molecular flexibility index (Phi) is 7.18. The van der Waals surface area contributed by atoms with Crippen LogP contribution in [0.2, 0.25) is 5.02 Å². The van der Waals surface area contributed by atoms with Crippen LogP contribution in [0.15, 0.2) is 23.1 Å². The summed E-state index contributed by atoms with van der Waals surface area (Å²) in [7, 11) is -3.95. The second-order valence-electron chi connectivity index (χ2n) is 6.60. The Balaban J connectivity index is 2.21. The number of aliphatic hydroxyl groups is 1. The molecule has 1 aromatic rings. The van der Waals surface area contributed by atoms with Crippen molar-refractivity contribution in [3.63, 3.8) is 0 Å². The van der Waals surface area contributed by atoms with Gasteiger partial charge in [0.25, 0.3) is 5.91 Å². The van der Waals surface area contributed by atoms with E-state index in [4.69, 9.17) is 22.1 Å². The van der Waals surface area contributed by atoms with Crippen LogP contribution >= 0.6 is 11.6 Å². The summed E-state index contributed by atoms with van der Waals surface area (Å²) in [6.07, 6.45) is -5.07. The van der Waals surface area contributed by atoms with E-state index in [1.165, 1.54) is 4.31 Å². The highest BCUT2D eigenvalue weighted by atomic mass is 35.5. The van der Waals surface area contributed by atoms with Gasteiger partial charge in [-0.05, 0) is 38.1 Å². The second kappa shape index (κ2) is 8.74. The van der Waals surface area contributed by atoms with E-state index in [0.29, 0.717) is 19.9 Å². The number of morpholine rings is 1. The summed E-state index contributed by atoms with van der Waals surface area (Å²) in [6, 6.07) is 3.17. The number of alkyl halides is 3. The molecule has 164 valence electrons. The average molecular weight is 460 g/mol. The number of amides is 1. The van der Waals surface area contributed by atoms with Crippen molar-refractivity contribution in [3.8, 4) is 0 Å². The molecule has 1 amide bonds. The molecule has 29 heavy (non-hydrogen) atoms. The molecule has 2 atom stereocenters. The maximum absolute atomic E-state index is 12.8. The van der Waals surface area contributed by atoms with Crippen LogP contribution in [-0.2, 0) is 19.6 Å². The number of sulfonamides is 1. The Hall–Kier alpha value is -1.44. The van der Waals surface area contributed by atoms with Gasteiger partial charge in [0.1, 0.15) is 0 Å². The lowest BCUT2D eigenvalue weighted by Crippen LogP contribution is -2.52. The number of ether oxygens (including phenoxy) is 1. The summed E-state index contributed by atoms with van der Waals surface area (Å²) >= 11 is 5.96. The minimum absolute atomic E-state index is 0.101. The van der Waals surface area contributed by atoms with E-state index in [-0.39, 0.29) is 41.4 Å². The third-order valence-electron chi connectivity index (χ3n) is 4.41. The van der Waals surface area contributed by atoms with Gasteiger partial charge in [0.05, 0.1) is 28.3 Å². The van der Waals surface area contributed by atoms with Gasteiger partial charge in [-0.2, -0.15) is 17.5 Å². The summed E-state index contributed by atoms with van der Waals surface area (Å²) in [5.41, 5.74) is 1.55. The molecule has 0 aromatic heterocycles. The van der Waals surface area contributed by atoms with Gasteiger partial charge >= 0.3 is 6.18 Å². The molecule has 13 heteroatoms. The Bertz CT molecular complexity index is 862. The van der Waals surface area contributed by atoms with E-state index in [1.54, 1.807) is 0 Å². The molecule has 0 aliphatic carbocycles. The van der Waals surface area contributed by atoms with Crippen LogP contribution in [0.4, 0.5) is 18.9 Å². The lowest BCUT2D eigenvalue weighted by molar-refractivity contribution is -0.242. The molecule has 1 fully saturated rings. The molecule has 1 unspecified atom stereocenters. The number of carbonyl (C=O) groups is 1. The maximum Gasteiger partial charge on any atom is 0.426 e. The van der Waals surface area contributed by atoms with E-state index in [0.717, 1.165) is 18.2 Å². The van der Waals surface area contributed by atoms with Crippen LogP contribution < -0.4 is 11.1 Å². The largest absolute Gasteiger partial charge is 0.426 e. The van der Waals surface area contributed by atoms with Gasteiger partial charge in [0.15, 0.2) is 0 Å². The SMILES string of the molecule is C[C@@](O)(C(=O)Nc1ccc(S(=O)(=O)N2CCOC(CCN)C2)cc1Cl)C(F)(F)F. The van der Waals surface area contributed by atoms with Gasteiger partial charge in [-0.15, -0.1) is 0 Å². The Morgan fingerprint density at radius 1 is 1.45 bits per heavy atom. The Labute approximate surface area is 170 Å². The Morgan fingerprint density at radius 2 is 2.10 bits per heavy atom. The zero-order valence-electron chi connectivity index (χ0n) is 15.4. The molecule has 0 saturated carbocycles. The molecule has 0 radical (unpaired) electrons. The lowest BCUT2D eigenvalue weighted by atomic mass is 10.1. The molecule has 1 aliphatic rings. The zero-order valence-corrected chi connectivity index (χ0v) is 16.9. The predicted molar refractivity (Wildman–Crippen MR) is 98.9 cm³/mol. The Morgan fingerprint density at radius 3 is 2.66 bits per heavy atom. The topological polar surface area (TPSA) is 122 Å². The first-order valence-corrected chi connectivity index (χ1v) is 10.3. The summed E-state index contributed by atoms with van der Waals surface area (Å²) in [5, 5.41) is 10.9. The van der Waals surface area contributed by atoms with Crippen LogP contribution in [0.5, 0.6) is 0 Å². The smallest absolute Gasteiger partial charge is 0.375 e. The van der Waals surface area contributed by atoms with Crippen molar-refractivity contribution in [1.82, 2.24) is 4.31 Å². The standard InChI is InChI=1S/C16H21ClF3N3O5S/c1-15(25,16(18,19)20)14(24)22-13-3-2-11(8-12(13)17)29(26,27)23-6-7-28-10(9-23)4-5-21/h2-3,8,10,25H,4-7,9,21H2,1H3,(H,22,24)/t10?,15-/m1/s1. The van der Waals surface area contributed by atoms with Crippen molar-refractivity contribution in [2.24, 2.45) is 5.73 Å². The number of rotatable bonds is 6. The number of anilines is 1. The summed E-state index contributed by atoms with van der Waals surface area (Å²) < 4.78 is 70.5. The number of nitrogens with one attached hydrogen (secondary N) is 1. The van der Waals surface area contributed by atoms with Crippen LogP contribution in [0.1, 0.15) is 13.3 Å². The van der Waals surface area contributed by atoms with Crippen LogP contribution in [-0.4, -0.2) is 67.9 Å². The summed E-state index contributed by atoms with van der Waals surface area (Å²) in [5.74, 6) is -1.75. The first-order valence-electron chi connectivity index (χ1n) is 8.52.